The van der Waals surface area contributed by atoms with Crippen LogP contribution in [-0.4, -0.2) is 66.3 Å². The van der Waals surface area contributed by atoms with Crippen molar-refractivity contribution in [2.75, 3.05) is 20.2 Å². The van der Waals surface area contributed by atoms with Crippen molar-refractivity contribution in [3.8, 4) is 0 Å². The summed E-state index contributed by atoms with van der Waals surface area (Å²) in [4.78, 5) is 41.4. The van der Waals surface area contributed by atoms with Crippen LogP contribution in [0.3, 0.4) is 0 Å². The zero-order valence-electron chi connectivity index (χ0n) is 23.1. The maximum atomic E-state index is 14.0. The average Bonchev–Trinajstić information content (AvgIpc) is 3.60. The first-order chi connectivity index (χ1) is 19.4. The summed E-state index contributed by atoms with van der Waals surface area (Å²) in [5.41, 5.74) is 1.43. The monoisotopic (exact) mass is 557 g/mol. The van der Waals surface area contributed by atoms with E-state index in [0.717, 1.165) is 56.4 Å². The summed E-state index contributed by atoms with van der Waals surface area (Å²) in [5, 5.41) is 2.88. The van der Waals surface area contributed by atoms with E-state index in [1.807, 2.05) is 19.9 Å². The number of methoxy groups -OCH3 is 1. The Morgan fingerprint density at radius 1 is 0.950 bits per heavy atom. The van der Waals surface area contributed by atoms with E-state index in [4.69, 9.17) is 9.47 Å². The van der Waals surface area contributed by atoms with Crippen molar-refractivity contribution in [3.63, 3.8) is 0 Å². The van der Waals surface area contributed by atoms with Gasteiger partial charge >= 0.3 is 18.1 Å². The van der Waals surface area contributed by atoms with Crippen molar-refractivity contribution < 1.29 is 32.6 Å². The molecule has 0 aromatic heterocycles. The zero-order valence-corrected chi connectivity index (χ0v) is 23.1. The number of hydrogen-bond donors (Lipinski definition) is 1. The van der Waals surface area contributed by atoms with Crippen molar-refractivity contribution in [1.29, 1.82) is 0 Å². The quantitative estimate of drug-likeness (QED) is 0.486. The van der Waals surface area contributed by atoms with E-state index < -0.39 is 41.9 Å². The average molecular weight is 558 g/mol. The van der Waals surface area contributed by atoms with Gasteiger partial charge in [-0.2, -0.15) is 0 Å². The molecule has 3 aliphatic rings. The first kappa shape index (κ1) is 29.5. The highest BCUT2D eigenvalue weighted by Crippen LogP contribution is 2.37. The van der Waals surface area contributed by atoms with Gasteiger partial charge in [0, 0.05) is 25.2 Å². The molecule has 2 saturated heterocycles. The first-order valence-corrected chi connectivity index (χ1v) is 14.0. The van der Waals surface area contributed by atoms with Gasteiger partial charge in [-0.15, -0.1) is 0 Å². The number of halogens is 2. The Hall–Kier alpha value is -3.53. The third kappa shape index (κ3) is 6.27. The lowest BCUT2D eigenvalue weighted by Crippen LogP contribution is -2.48. The van der Waals surface area contributed by atoms with Gasteiger partial charge in [0.05, 0.1) is 7.11 Å². The number of likely N-dealkylation sites (tertiary alicyclic amines) is 1. The zero-order chi connectivity index (χ0) is 28.8. The second-order valence-electron chi connectivity index (χ2n) is 10.2. The van der Waals surface area contributed by atoms with Gasteiger partial charge in [-0.05, 0) is 61.3 Å². The van der Waals surface area contributed by atoms with Gasteiger partial charge in [0.2, 0.25) is 6.10 Å². The molecule has 0 spiro atoms. The molecule has 1 saturated carbocycles. The lowest BCUT2D eigenvalue weighted by Gasteiger charge is -2.35. The number of nitrogens with zero attached hydrogens (tertiary/aromatic N) is 2. The summed E-state index contributed by atoms with van der Waals surface area (Å²) in [5.74, 6) is -2.59. The minimum atomic E-state index is -1.50. The fourth-order valence-corrected chi connectivity index (χ4v) is 5.98. The number of imide groups is 1. The van der Waals surface area contributed by atoms with Crippen LogP contribution in [0.15, 0.2) is 48.5 Å². The molecule has 2 heterocycles. The number of rotatable bonds is 5. The summed E-state index contributed by atoms with van der Waals surface area (Å²) in [6, 6.07) is 11.7. The summed E-state index contributed by atoms with van der Waals surface area (Å²) in [7, 11) is 1.11. The van der Waals surface area contributed by atoms with Crippen molar-refractivity contribution in [2.24, 2.45) is 0 Å². The number of hydrogen-bond acceptors (Lipinski definition) is 6. The Morgan fingerprint density at radius 3 is 2.30 bits per heavy atom. The Morgan fingerprint density at radius 2 is 1.65 bits per heavy atom. The number of amides is 3. The van der Waals surface area contributed by atoms with Gasteiger partial charge in [0.1, 0.15) is 6.04 Å². The molecule has 10 heteroatoms. The van der Waals surface area contributed by atoms with Crippen LogP contribution in [-0.2, 0) is 14.3 Å². The predicted octanol–water partition coefficient (Wildman–Crippen LogP) is 5.54. The molecule has 3 fully saturated rings. The molecule has 0 bridgehead atoms. The van der Waals surface area contributed by atoms with Crippen molar-refractivity contribution >= 4 is 18.1 Å². The molecular weight excluding hydrogens is 520 g/mol. The van der Waals surface area contributed by atoms with E-state index in [0.29, 0.717) is 24.9 Å². The number of urea groups is 1. The number of ether oxygens (including phenoxy) is 2. The summed E-state index contributed by atoms with van der Waals surface area (Å²) < 4.78 is 37.4. The van der Waals surface area contributed by atoms with Crippen molar-refractivity contribution in [2.45, 2.75) is 76.1 Å². The minimum absolute atomic E-state index is 0.0449. The third-order valence-electron chi connectivity index (χ3n) is 7.96. The van der Waals surface area contributed by atoms with E-state index in [1.165, 1.54) is 11.6 Å². The largest absolute Gasteiger partial charge is 0.466 e. The van der Waals surface area contributed by atoms with Crippen LogP contribution < -0.4 is 5.32 Å². The highest BCUT2D eigenvalue weighted by molar-refractivity contribution is 5.96. The predicted molar refractivity (Wildman–Crippen MR) is 145 cm³/mol. The van der Waals surface area contributed by atoms with Crippen LogP contribution >= 0.6 is 0 Å². The standard InChI is InChI=1S/C28H31F2N3O5.C2H6/c1-37-26(34)25-24(19-9-12-22(29)23(30)15-19)33(28(36)38-25)27(35)31-20-13-14-32(16-20)21-10-7-18(8-11-21)17-5-3-2-4-6-17;1-2/h2-6,9,12,15,18,20-21,24-25H,7-8,10-11,13-14,16H2,1H3,(H,31,35);1-2H3. The highest BCUT2D eigenvalue weighted by Gasteiger charge is 2.51. The molecule has 3 unspecified atom stereocenters. The van der Waals surface area contributed by atoms with Crippen molar-refractivity contribution in [1.82, 2.24) is 15.1 Å². The number of carbonyl (C=O) groups excluding carboxylic acids is 3. The fourth-order valence-electron chi connectivity index (χ4n) is 5.98. The van der Waals surface area contributed by atoms with Gasteiger partial charge < -0.3 is 14.8 Å². The SMILES string of the molecule is CC.COC(=O)C1OC(=O)N(C(=O)NC2CCN(C3CCC(c4ccccc4)CC3)C2)C1c1ccc(F)c(F)c1. The van der Waals surface area contributed by atoms with Crippen LogP contribution in [0.5, 0.6) is 0 Å². The molecule has 8 nitrogen and oxygen atoms in total. The molecule has 1 aliphatic carbocycles. The van der Waals surface area contributed by atoms with E-state index in [9.17, 15) is 23.2 Å². The van der Waals surface area contributed by atoms with Crippen LogP contribution in [0.25, 0.3) is 0 Å². The Kier molecular flexibility index (Phi) is 9.73. The number of nitrogens with one attached hydrogen (secondary N) is 1. The second kappa shape index (κ2) is 13.2. The van der Waals surface area contributed by atoms with Gasteiger partial charge in [-0.3, -0.25) is 4.90 Å². The van der Waals surface area contributed by atoms with Crippen LogP contribution in [0, 0.1) is 11.6 Å². The van der Waals surface area contributed by atoms with Crippen LogP contribution in [0.2, 0.25) is 0 Å². The molecule has 5 rings (SSSR count). The molecule has 40 heavy (non-hydrogen) atoms. The maximum Gasteiger partial charge on any atom is 0.419 e. The van der Waals surface area contributed by atoms with E-state index in [-0.39, 0.29) is 11.6 Å². The van der Waals surface area contributed by atoms with Crippen LogP contribution in [0.1, 0.15) is 69.0 Å². The third-order valence-corrected chi connectivity index (χ3v) is 7.96. The molecule has 3 amide bonds. The topological polar surface area (TPSA) is 88.2 Å². The number of cyclic esters (lactones) is 1. The molecular formula is C30H37F2N3O5. The second-order valence-corrected chi connectivity index (χ2v) is 10.2. The van der Waals surface area contributed by atoms with E-state index >= 15 is 0 Å². The molecule has 1 N–H and O–H groups in total. The summed E-state index contributed by atoms with van der Waals surface area (Å²) in [6.45, 7) is 5.47. The maximum absolute atomic E-state index is 14.0. The van der Waals surface area contributed by atoms with Crippen LogP contribution in [0.4, 0.5) is 18.4 Å². The normalized spacial score (nSPS) is 26.5. The number of esters is 1. The van der Waals surface area contributed by atoms with E-state index in [2.05, 4.69) is 34.5 Å². The first-order valence-electron chi connectivity index (χ1n) is 14.0. The van der Waals surface area contributed by atoms with E-state index in [1.54, 1.807) is 0 Å². The highest BCUT2D eigenvalue weighted by atomic mass is 19.2. The number of carbonyl (C=O) groups is 3. The Labute approximate surface area is 233 Å². The molecule has 2 aliphatic heterocycles. The summed E-state index contributed by atoms with van der Waals surface area (Å²) in [6.07, 6.45) is 2.56. The molecule has 0 radical (unpaired) electrons. The molecule has 3 atom stereocenters. The van der Waals surface area contributed by atoms with Gasteiger partial charge in [0.15, 0.2) is 11.6 Å². The molecule has 2 aromatic carbocycles. The smallest absolute Gasteiger partial charge is 0.419 e. The lowest BCUT2D eigenvalue weighted by molar-refractivity contribution is -0.150. The van der Waals surface area contributed by atoms with Gasteiger partial charge in [-0.1, -0.05) is 50.2 Å². The number of benzene rings is 2. The van der Waals surface area contributed by atoms with Crippen molar-refractivity contribution in [3.05, 3.63) is 71.3 Å². The molecule has 216 valence electrons. The molecule has 2 aromatic rings. The lowest BCUT2D eigenvalue weighted by atomic mass is 9.81. The summed E-state index contributed by atoms with van der Waals surface area (Å²) >= 11 is 0. The fraction of sp³-hybridized carbons (Fsp3) is 0.500. The Bertz CT molecular complexity index is 1190. The van der Waals surface area contributed by atoms with Gasteiger partial charge in [-0.25, -0.2) is 28.1 Å². The minimum Gasteiger partial charge on any atom is -0.466 e. The Balaban J connectivity index is 0.00000181. The van der Waals surface area contributed by atoms with Gasteiger partial charge in [0.25, 0.3) is 0 Å².